The predicted octanol–water partition coefficient (Wildman–Crippen LogP) is 1.79. The van der Waals surface area contributed by atoms with Crippen LogP contribution in [0.5, 0.6) is 0 Å². The van der Waals surface area contributed by atoms with Gasteiger partial charge in [0, 0.05) is 67.9 Å². The lowest BCUT2D eigenvalue weighted by Crippen LogP contribution is -2.57. The SMILES string of the molecule is Cc1c(C)n(C)c2ccc(NC(=O)C3CN(C(=O)CCc4cc(=O)[nH]o4)CCN3C)cc12. The summed E-state index contributed by atoms with van der Waals surface area (Å²) in [5.74, 6) is 0.261. The third-order valence-corrected chi connectivity index (χ3v) is 6.54. The van der Waals surface area contributed by atoms with Crippen LogP contribution >= 0.6 is 0 Å². The van der Waals surface area contributed by atoms with Gasteiger partial charge in [-0.3, -0.25) is 19.3 Å². The first kappa shape index (κ1) is 21.9. The maximum atomic E-state index is 13.1. The summed E-state index contributed by atoms with van der Waals surface area (Å²) >= 11 is 0. The van der Waals surface area contributed by atoms with Crippen molar-refractivity contribution in [3.8, 4) is 0 Å². The number of amides is 2. The first-order valence-corrected chi connectivity index (χ1v) is 10.8. The lowest BCUT2D eigenvalue weighted by molar-refractivity contribution is -0.136. The summed E-state index contributed by atoms with van der Waals surface area (Å²) in [4.78, 5) is 40.6. The Labute approximate surface area is 185 Å². The van der Waals surface area contributed by atoms with Gasteiger partial charge < -0.3 is 19.3 Å². The second kappa shape index (κ2) is 8.66. The Morgan fingerprint density at radius 1 is 1.19 bits per heavy atom. The summed E-state index contributed by atoms with van der Waals surface area (Å²) in [5, 5.41) is 6.37. The number of benzene rings is 1. The monoisotopic (exact) mass is 439 g/mol. The van der Waals surface area contributed by atoms with E-state index >= 15 is 0 Å². The molecule has 32 heavy (non-hydrogen) atoms. The van der Waals surface area contributed by atoms with Gasteiger partial charge in [0.2, 0.25) is 11.8 Å². The molecule has 9 nitrogen and oxygen atoms in total. The molecule has 170 valence electrons. The molecule has 2 amide bonds. The molecule has 0 aliphatic carbocycles. The molecule has 1 aliphatic heterocycles. The average molecular weight is 440 g/mol. The maximum absolute atomic E-state index is 13.1. The van der Waals surface area contributed by atoms with Gasteiger partial charge in [0.1, 0.15) is 11.8 Å². The fraction of sp³-hybridized carbons (Fsp3) is 0.435. The number of nitrogens with one attached hydrogen (secondary N) is 2. The molecule has 2 aromatic heterocycles. The fourth-order valence-corrected chi connectivity index (χ4v) is 4.28. The number of piperazine rings is 1. The molecule has 1 fully saturated rings. The largest absolute Gasteiger partial charge is 0.384 e. The fourth-order valence-electron chi connectivity index (χ4n) is 4.28. The Bertz CT molecular complexity index is 1220. The zero-order chi connectivity index (χ0) is 23.0. The summed E-state index contributed by atoms with van der Waals surface area (Å²) in [5.41, 5.74) is 3.95. The highest BCUT2D eigenvalue weighted by Gasteiger charge is 2.32. The molecular formula is C23H29N5O4. The van der Waals surface area contributed by atoms with Crippen LogP contribution < -0.4 is 10.9 Å². The normalized spacial score (nSPS) is 17.1. The number of aromatic nitrogens is 2. The molecule has 1 aliphatic rings. The minimum Gasteiger partial charge on any atom is -0.384 e. The molecule has 0 bridgehead atoms. The number of carbonyl (C=O) groups is 2. The molecule has 0 spiro atoms. The van der Waals surface area contributed by atoms with Crippen molar-refractivity contribution in [3.63, 3.8) is 0 Å². The molecule has 4 rings (SSSR count). The van der Waals surface area contributed by atoms with Crippen LogP contribution in [0.1, 0.15) is 23.4 Å². The van der Waals surface area contributed by atoms with Crippen molar-refractivity contribution in [1.82, 2.24) is 19.5 Å². The van der Waals surface area contributed by atoms with E-state index in [2.05, 4.69) is 28.9 Å². The molecular weight excluding hydrogens is 410 g/mol. The Hall–Kier alpha value is -3.33. The number of rotatable bonds is 5. The number of H-pyrrole nitrogens is 1. The van der Waals surface area contributed by atoms with Crippen molar-refractivity contribution in [2.45, 2.75) is 32.7 Å². The van der Waals surface area contributed by atoms with Crippen LogP contribution in [-0.2, 0) is 23.1 Å². The van der Waals surface area contributed by atoms with Crippen LogP contribution in [0, 0.1) is 13.8 Å². The lowest BCUT2D eigenvalue weighted by atomic mass is 10.1. The van der Waals surface area contributed by atoms with Gasteiger partial charge in [-0.15, -0.1) is 0 Å². The van der Waals surface area contributed by atoms with Crippen LogP contribution in [0.25, 0.3) is 10.9 Å². The lowest BCUT2D eigenvalue weighted by Gasteiger charge is -2.38. The molecule has 0 saturated carbocycles. The van der Waals surface area contributed by atoms with Crippen molar-refractivity contribution >= 4 is 28.4 Å². The van der Waals surface area contributed by atoms with E-state index in [0.717, 1.165) is 16.6 Å². The third-order valence-electron chi connectivity index (χ3n) is 6.54. The topological polar surface area (TPSA) is 104 Å². The second-order valence-corrected chi connectivity index (χ2v) is 8.51. The van der Waals surface area contributed by atoms with E-state index in [-0.39, 0.29) is 23.8 Å². The van der Waals surface area contributed by atoms with E-state index in [4.69, 9.17) is 4.52 Å². The molecule has 1 saturated heterocycles. The van der Waals surface area contributed by atoms with Crippen molar-refractivity contribution in [2.75, 3.05) is 32.0 Å². The van der Waals surface area contributed by atoms with Gasteiger partial charge >= 0.3 is 0 Å². The van der Waals surface area contributed by atoms with Crippen LogP contribution in [0.15, 0.2) is 33.6 Å². The minimum atomic E-state index is -0.438. The molecule has 2 N–H and O–H groups in total. The van der Waals surface area contributed by atoms with Gasteiger partial charge in [-0.05, 0) is 44.7 Å². The Balaban J connectivity index is 1.42. The zero-order valence-corrected chi connectivity index (χ0v) is 18.9. The first-order chi connectivity index (χ1) is 15.2. The second-order valence-electron chi connectivity index (χ2n) is 8.51. The highest BCUT2D eigenvalue weighted by molar-refractivity contribution is 5.98. The standard InChI is InChI=1S/C23H29N5O4/c1-14-15(2)27(4)19-7-5-16(11-18(14)19)24-23(31)20-13-28(10-9-26(20)3)22(30)8-6-17-12-21(29)25-32-17/h5,7,11-12,20H,6,8-10,13H2,1-4H3,(H,24,31)(H,25,29). The number of aromatic amines is 1. The summed E-state index contributed by atoms with van der Waals surface area (Å²) < 4.78 is 7.16. The molecule has 1 aromatic carbocycles. The summed E-state index contributed by atoms with van der Waals surface area (Å²) in [6, 6.07) is 6.85. The van der Waals surface area contributed by atoms with Gasteiger partial charge in [0.15, 0.2) is 0 Å². The number of fused-ring (bicyclic) bond motifs is 1. The van der Waals surface area contributed by atoms with E-state index in [9.17, 15) is 14.4 Å². The van der Waals surface area contributed by atoms with Crippen molar-refractivity contribution in [3.05, 3.63) is 51.6 Å². The quantitative estimate of drug-likeness (QED) is 0.631. The van der Waals surface area contributed by atoms with Crippen molar-refractivity contribution in [1.29, 1.82) is 0 Å². The minimum absolute atomic E-state index is 0.0587. The summed E-state index contributed by atoms with van der Waals surface area (Å²) in [7, 11) is 3.93. The number of likely N-dealkylation sites (N-methyl/N-ethyl adjacent to an activating group) is 1. The number of aryl methyl sites for hydroxylation is 3. The number of hydrogen-bond acceptors (Lipinski definition) is 5. The van der Waals surface area contributed by atoms with E-state index in [1.54, 1.807) is 4.90 Å². The number of carbonyl (C=O) groups excluding carboxylic acids is 2. The van der Waals surface area contributed by atoms with Gasteiger partial charge in [-0.25, -0.2) is 0 Å². The highest BCUT2D eigenvalue weighted by Crippen LogP contribution is 2.27. The zero-order valence-electron chi connectivity index (χ0n) is 18.9. The smallest absolute Gasteiger partial charge is 0.280 e. The average Bonchev–Trinajstić information content (AvgIpc) is 3.29. The Morgan fingerprint density at radius 2 is 1.97 bits per heavy atom. The molecule has 3 heterocycles. The Morgan fingerprint density at radius 3 is 2.69 bits per heavy atom. The molecule has 9 heteroatoms. The predicted molar refractivity (Wildman–Crippen MR) is 122 cm³/mol. The third kappa shape index (κ3) is 4.20. The van der Waals surface area contributed by atoms with Gasteiger partial charge in [0.25, 0.3) is 5.56 Å². The summed E-state index contributed by atoms with van der Waals surface area (Å²) in [6.45, 7) is 5.66. The molecule has 3 aromatic rings. The van der Waals surface area contributed by atoms with Gasteiger partial charge in [0.05, 0.1) is 0 Å². The van der Waals surface area contributed by atoms with Crippen molar-refractivity contribution < 1.29 is 14.1 Å². The number of anilines is 1. The number of hydrogen-bond donors (Lipinski definition) is 2. The van der Waals surface area contributed by atoms with E-state index < -0.39 is 6.04 Å². The van der Waals surface area contributed by atoms with Crippen LogP contribution in [0.4, 0.5) is 5.69 Å². The molecule has 1 unspecified atom stereocenters. The van der Waals surface area contributed by atoms with E-state index in [0.29, 0.717) is 31.8 Å². The van der Waals surface area contributed by atoms with Crippen LogP contribution in [-0.4, -0.2) is 64.1 Å². The first-order valence-electron chi connectivity index (χ1n) is 10.8. The van der Waals surface area contributed by atoms with Crippen LogP contribution in [0.3, 0.4) is 0 Å². The van der Waals surface area contributed by atoms with Gasteiger partial charge in [-0.1, -0.05) is 0 Å². The van der Waals surface area contributed by atoms with E-state index in [1.807, 2.05) is 37.2 Å². The number of nitrogens with zero attached hydrogens (tertiary/aromatic N) is 3. The van der Waals surface area contributed by atoms with Gasteiger partial charge in [-0.2, -0.15) is 5.16 Å². The molecule has 1 atom stereocenters. The Kier molecular flexibility index (Phi) is 5.92. The van der Waals surface area contributed by atoms with E-state index in [1.165, 1.54) is 17.3 Å². The molecule has 0 radical (unpaired) electrons. The van der Waals surface area contributed by atoms with Crippen molar-refractivity contribution in [2.24, 2.45) is 7.05 Å². The van der Waals surface area contributed by atoms with Crippen LogP contribution in [0.2, 0.25) is 0 Å². The maximum Gasteiger partial charge on any atom is 0.280 e. The highest BCUT2D eigenvalue weighted by atomic mass is 16.5. The summed E-state index contributed by atoms with van der Waals surface area (Å²) in [6.07, 6.45) is 0.568.